The molecule has 0 bridgehead atoms. The molecule has 1 aliphatic rings. The highest BCUT2D eigenvalue weighted by Crippen LogP contribution is 2.26. The van der Waals surface area contributed by atoms with Gasteiger partial charge in [-0.25, -0.2) is 0 Å². The third-order valence-electron chi connectivity index (χ3n) is 1.96. The summed E-state index contributed by atoms with van der Waals surface area (Å²) < 4.78 is 0. The predicted molar refractivity (Wildman–Crippen MR) is 50.3 cm³/mol. The topological polar surface area (TPSA) is 95.2 Å². The highest BCUT2D eigenvalue weighted by molar-refractivity contribution is 5.57. The van der Waals surface area contributed by atoms with E-state index in [2.05, 4.69) is 0 Å². The van der Waals surface area contributed by atoms with E-state index in [0.29, 0.717) is 17.6 Å². The average molecular weight is 192 g/mol. The summed E-state index contributed by atoms with van der Waals surface area (Å²) in [6, 6.07) is 7.07. The third kappa shape index (κ3) is 1.92. The van der Waals surface area contributed by atoms with E-state index in [1.165, 1.54) is 0 Å². The molecular weight excluding hydrogens is 188 g/mol. The van der Waals surface area contributed by atoms with E-state index in [1.807, 2.05) is 0 Å². The maximum atomic E-state index is 8.62. The largest absolute Gasteiger partial charge is 0.192 e. The monoisotopic (exact) mass is 192 g/mol. The first-order valence-corrected chi connectivity index (χ1v) is 4.01. The Morgan fingerprint density at radius 1 is 0.800 bits per heavy atom. The first-order valence-electron chi connectivity index (χ1n) is 4.01. The molecule has 0 aliphatic heterocycles. The van der Waals surface area contributed by atoms with Gasteiger partial charge in [0.05, 0.1) is 0 Å². The van der Waals surface area contributed by atoms with Crippen molar-refractivity contribution in [2.24, 2.45) is 0 Å². The fraction of sp³-hybridized carbons (Fsp3) is 0.0909. The summed E-state index contributed by atoms with van der Waals surface area (Å²) >= 11 is 0. The van der Waals surface area contributed by atoms with Crippen LogP contribution in [-0.2, 0) is 0 Å². The van der Waals surface area contributed by atoms with Gasteiger partial charge in [-0.1, -0.05) is 12.2 Å². The van der Waals surface area contributed by atoms with E-state index in [4.69, 9.17) is 21.0 Å². The number of allylic oxidation sites excluding steroid dienone is 6. The molecular formula is C11H4N4. The molecule has 1 rings (SSSR count). The smallest absolute Gasteiger partial charge is 0.133 e. The van der Waals surface area contributed by atoms with Crippen molar-refractivity contribution in [2.45, 2.75) is 6.42 Å². The van der Waals surface area contributed by atoms with E-state index >= 15 is 0 Å². The summed E-state index contributed by atoms with van der Waals surface area (Å²) in [6.07, 6.45) is 3.48. The molecule has 15 heavy (non-hydrogen) atoms. The SMILES string of the molecule is N#CC(C#N)=C1C=CC(=C(C#N)C#N)C1. The molecule has 0 saturated carbocycles. The zero-order valence-corrected chi connectivity index (χ0v) is 7.65. The summed E-state index contributed by atoms with van der Waals surface area (Å²) in [4.78, 5) is 0. The second kappa shape index (κ2) is 4.43. The van der Waals surface area contributed by atoms with Gasteiger partial charge in [-0.05, 0) is 11.1 Å². The van der Waals surface area contributed by atoms with Crippen LogP contribution in [-0.4, -0.2) is 0 Å². The van der Waals surface area contributed by atoms with Crippen LogP contribution in [0.4, 0.5) is 0 Å². The minimum Gasteiger partial charge on any atom is -0.192 e. The normalized spacial score (nSPS) is 12.3. The Morgan fingerprint density at radius 3 is 1.40 bits per heavy atom. The molecule has 0 unspecified atom stereocenters. The molecule has 68 valence electrons. The number of nitrogens with zero attached hydrogens (tertiary/aromatic N) is 4. The van der Waals surface area contributed by atoms with Crippen LogP contribution in [0.25, 0.3) is 0 Å². The highest BCUT2D eigenvalue weighted by Gasteiger charge is 2.14. The van der Waals surface area contributed by atoms with E-state index < -0.39 is 0 Å². The summed E-state index contributed by atoms with van der Waals surface area (Å²) in [5, 5.41) is 34.5. The lowest BCUT2D eigenvalue weighted by Crippen LogP contribution is -1.84. The Balaban J connectivity index is 3.17. The van der Waals surface area contributed by atoms with Gasteiger partial charge in [0.1, 0.15) is 35.4 Å². The molecule has 0 fully saturated rings. The van der Waals surface area contributed by atoms with E-state index in [0.717, 1.165) is 0 Å². The molecule has 0 N–H and O–H groups in total. The van der Waals surface area contributed by atoms with Gasteiger partial charge in [-0.3, -0.25) is 0 Å². The molecule has 0 saturated heterocycles. The van der Waals surface area contributed by atoms with Crippen molar-refractivity contribution in [2.75, 3.05) is 0 Å². The van der Waals surface area contributed by atoms with Gasteiger partial charge < -0.3 is 0 Å². The van der Waals surface area contributed by atoms with Gasteiger partial charge in [0, 0.05) is 6.42 Å². The Kier molecular flexibility index (Phi) is 3.03. The lowest BCUT2D eigenvalue weighted by atomic mass is 10.1. The van der Waals surface area contributed by atoms with Crippen LogP contribution < -0.4 is 0 Å². The Morgan fingerprint density at radius 2 is 1.13 bits per heavy atom. The van der Waals surface area contributed by atoms with Gasteiger partial charge in [-0.2, -0.15) is 21.0 Å². The molecule has 0 aromatic carbocycles. The van der Waals surface area contributed by atoms with Crippen LogP contribution in [0.2, 0.25) is 0 Å². The lowest BCUT2D eigenvalue weighted by Gasteiger charge is -1.94. The van der Waals surface area contributed by atoms with Crippen molar-refractivity contribution in [3.8, 4) is 24.3 Å². The summed E-state index contributed by atoms with van der Waals surface area (Å²) in [7, 11) is 0. The fourth-order valence-electron chi connectivity index (χ4n) is 1.20. The van der Waals surface area contributed by atoms with Crippen molar-refractivity contribution in [1.82, 2.24) is 0 Å². The van der Waals surface area contributed by atoms with Gasteiger partial charge in [-0.15, -0.1) is 0 Å². The van der Waals surface area contributed by atoms with Gasteiger partial charge in [0.2, 0.25) is 0 Å². The van der Waals surface area contributed by atoms with Crippen molar-refractivity contribution in [3.63, 3.8) is 0 Å². The van der Waals surface area contributed by atoms with Crippen LogP contribution in [0.5, 0.6) is 0 Å². The molecule has 0 heterocycles. The lowest BCUT2D eigenvalue weighted by molar-refractivity contribution is 1.23. The maximum Gasteiger partial charge on any atom is 0.133 e. The standard InChI is InChI=1S/C11H4N4/c12-4-10(5-13)8-1-2-9(3-8)11(6-14)7-15/h1-2H,3H2. The Hall–Kier alpha value is -2.82. The van der Waals surface area contributed by atoms with Crippen molar-refractivity contribution in [3.05, 3.63) is 34.4 Å². The quantitative estimate of drug-likeness (QED) is 0.545. The zero-order chi connectivity index (χ0) is 11.3. The maximum absolute atomic E-state index is 8.62. The average Bonchev–Trinajstić information content (AvgIpc) is 2.71. The Bertz CT molecular complexity index is 465. The molecule has 1 aliphatic carbocycles. The van der Waals surface area contributed by atoms with Crippen LogP contribution >= 0.6 is 0 Å². The van der Waals surface area contributed by atoms with E-state index in [-0.39, 0.29) is 11.1 Å². The van der Waals surface area contributed by atoms with Gasteiger partial charge in [0.15, 0.2) is 0 Å². The van der Waals surface area contributed by atoms with Crippen LogP contribution in [0.3, 0.4) is 0 Å². The van der Waals surface area contributed by atoms with Gasteiger partial charge >= 0.3 is 0 Å². The number of hydrogen-bond acceptors (Lipinski definition) is 4. The molecule has 0 radical (unpaired) electrons. The first kappa shape index (κ1) is 10.3. The molecule has 4 heteroatoms. The molecule has 0 atom stereocenters. The highest BCUT2D eigenvalue weighted by atomic mass is 14.3. The Labute approximate surface area is 86.9 Å². The minimum absolute atomic E-state index is 0.0245. The molecule has 0 aromatic rings. The minimum atomic E-state index is 0.0245. The van der Waals surface area contributed by atoms with E-state index in [1.54, 1.807) is 36.4 Å². The fourth-order valence-corrected chi connectivity index (χ4v) is 1.20. The van der Waals surface area contributed by atoms with Crippen molar-refractivity contribution < 1.29 is 0 Å². The molecule has 0 aromatic heterocycles. The van der Waals surface area contributed by atoms with E-state index in [9.17, 15) is 0 Å². The number of rotatable bonds is 0. The van der Waals surface area contributed by atoms with Crippen molar-refractivity contribution >= 4 is 0 Å². The zero-order valence-electron chi connectivity index (χ0n) is 7.65. The second-order valence-corrected chi connectivity index (χ2v) is 2.76. The van der Waals surface area contributed by atoms with Crippen LogP contribution in [0, 0.1) is 45.3 Å². The molecule has 4 nitrogen and oxygen atoms in total. The number of nitriles is 4. The third-order valence-corrected chi connectivity index (χ3v) is 1.96. The second-order valence-electron chi connectivity index (χ2n) is 2.76. The predicted octanol–water partition coefficient (Wildman–Crippen LogP) is 1.63. The number of hydrogen-bond donors (Lipinski definition) is 0. The van der Waals surface area contributed by atoms with Crippen LogP contribution in [0.1, 0.15) is 6.42 Å². The molecule has 0 amide bonds. The van der Waals surface area contributed by atoms with Crippen molar-refractivity contribution in [1.29, 1.82) is 21.0 Å². The molecule has 0 spiro atoms. The summed E-state index contributed by atoms with van der Waals surface area (Å²) in [5.41, 5.74) is 1.16. The summed E-state index contributed by atoms with van der Waals surface area (Å²) in [6.45, 7) is 0. The van der Waals surface area contributed by atoms with Crippen LogP contribution in [0.15, 0.2) is 34.4 Å². The van der Waals surface area contributed by atoms with Gasteiger partial charge in [0.25, 0.3) is 0 Å². The first-order chi connectivity index (χ1) is 7.26. The summed E-state index contributed by atoms with van der Waals surface area (Å²) in [5.74, 6) is 0.